The fraction of sp³-hybridized carbons (Fsp3) is 0.0800. The Bertz CT molecular complexity index is 1220. The molecule has 0 unspecified atom stereocenters. The van der Waals surface area contributed by atoms with Gasteiger partial charge in [0.25, 0.3) is 0 Å². The molecule has 0 bridgehead atoms. The second kappa shape index (κ2) is 10.1. The minimum Gasteiger partial charge on any atom is -0.338 e. The largest absolute Gasteiger partial charge is 0.338 e. The number of anilines is 3. The van der Waals surface area contributed by atoms with Crippen molar-refractivity contribution in [2.45, 2.75) is 6.42 Å². The Balaban J connectivity index is 1.28. The first-order valence-electron chi connectivity index (χ1n) is 10.3. The number of aromatic nitrogens is 1. The molecule has 3 aromatic carbocycles. The second-order valence-corrected chi connectivity index (χ2v) is 7.15. The highest BCUT2D eigenvalue weighted by atomic mass is 16.2. The Morgan fingerprint density at radius 3 is 2.16 bits per heavy atom. The van der Waals surface area contributed by atoms with Crippen molar-refractivity contribution in [3.05, 3.63) is 96.7 Å². The lowest BCUT2D eigenvalue weighted by atomic mass is 10.1. The van der Waals surface area contributed by atoms with Crippen molar-refractivity contribution in [2.24, 2.45) is 0 Å². The van der Waals surface area contributed by atoms with Crippen LogP contribution >= 0.6 is 0 Å². The van der Waals surface area contributed by atoms with Crippen LogP contribution in [0.1, 0.15) is 5.56 Å². The van der Waals surface area contributed by atoms with E-state index in [9.17, 15) is 9.59 Å². The number of nitrogens with one attached hydrogen (secondary N) is 4. The Labute approximate surface area is 185 Å². The van der Waals surface area contributed by atoms with Gasteiger partial charge in [-0.15, -0.1) is 0 Å². The molecular formula is C25H23N5O2. The molecule has 4 amide bonds. The summed E-state index contributed by atoms with van der Waals surface area (Å²) in [7, 11) is 0. The lowest BCUT2D eigenvalue weighted by Gasteiger charge is -2.11. The zero-order chi connectivity index (χ0) is 22.2. The van der Waals surface area contributed by atoms with Gasteiger partial charge in [-0.25, -0.2) is 9.59 Å². The maximum absolute atomic E-state index is 12.3. The molecule has 4 N–H and O–H groups in total. The number of carbonyl (C=O) groups is 2. The average molecular weight is 425 g/mol. The van der Waals surface area contributed by atoms with Crippen molar-refractivity contribution in [1.29, 1.82) is 0 Å². The zero-order valence-corrected chi connectivity index (χ0v) is 17.3. The predicted molar refractivity (Wildman–Crippen MR) is 128 cm³/mol. The van der Waals surface area contributed by atoms with Gasteiger partial charge in [-0.2, -0.15) is 0 Å². The molecule has 32 heavy (non-hydrogen) atoms. The Kier molecular flexibility index (Phi) is 6.57. The molecule has 0 saturated heterocycles. The standard InChI is InChI=1S/C25H23N5O2/c31-24(27-16-14-19-8-4-7-18-9-6-15-26-23(18)19)29-21-12-5-13-22(17-21)30-25(32)28-20-10-2-1-3-11-20/h1-13,15,17H,14,16H2,(H2,27,29,31)(H2,28,30,32). The van der Waals surface area contributed by atoms with Crippen LogP contribution < -0.4 is 21.3 Å². The first-order chi connectivity index (χ1) is 15.7. The minimum atomic E-state index is -0.360. The van der Waals surface area contributed by atoms with Crippen LogP contribution in [-0.2, 0) is 6.42 Å². The molecular weight excluding hydrogens is 402 g/mol. The molecule has 4 rings (SSSR count). The Morgan fingerprint density at radius 1 is 0.688 bits per heavy atom. The fourth-order valence-electron chi connectivity index (χ4n) is 3.34. The Hall–Kier alpha value is -4.39. The van der Waals surface area contributed by atoms with Gasteiger partial charge in [0.2, 0.25) is 0 Å². The monoisotopic (exact) mass is 425 g/mol. The average Bonchev–Trinajstić information content (AvgIpc) is 2.80. The number of nitrogens with zero attached hydrogens (tertiary/aromatic N) is 1. The molecule has 160 valence electrons. The maximum atomic E-state index is 12.3. The van der Waals surface area contributed by atoms with E-state index >= 15 is 0 Å². The molecule has 1 heterocycles. The molecule has 7 heteroatoms. The lowest BCUT2D eigenvalue weighted by molar-refractivity contribution is 0.252. The van der Waals surface area contributed by atoms with E-state index in [0.29, 0.717) is 30.0 Å². The number of hydrogen-bond donors (Lipinski definition) is 4. The van der Waals surface area contributed by atoms with E-state index in [1.807, 2.05) is 48.5 Å². The highest BCUT2D eigenvalue weighted by molar-refractivity contribution is 6.00. The van der Waals surface area contributed by atoms with Crippen LogP contribution in [0.4, 0.5) is 26.7 Å². The number of pyridine rings is 1. The van der Waals surface area contributed by atoms with Gasteiger partial charge >= 0.3 is 12.1 Å². The number of rotatable bonds is 6. The SMILES string of the molecule is O=C(NCCc1cccc2cccnc12)Nc1cccc(NC(=O)Nc2ccccc2)c1. The van der Waals surface area contributed by atoms with Crippen LogP contribution in [0, 0.1) is 0 Å². The number of para-hydroxylation sites is 2. The van der Waals surface area contributed by atoms with Crippen molar-refractivity contribution >= 4 is 40.0 Å². The molecule has 0 aliphatic heterocycles. The third-order valence-corrected chi connectivity index (χ3v) is 4.81. The highest BCUT2D eigenvalue weighted by Gasteiger charge is 2.06. The summed E-state index contributed by atoms with van der Waals surface area (Å²) in [4.78, 5) is 28.9. The van der Waals surface area contributed by atoms with E-state index in [0.717, 1.165) is 16.5 Å². The van der Waals surface area contributed by atoms with Crippen LogP contribution in [0.25, 0.3) is 10.9 Å². The first-order valence-corrected chi connectivity index (χ1v) is 10.3. The van der Waals surface area contributed by atoms with Crippen LogP contribution in [0.15, 0.2) is 91.1 Å². The van der Waals surface area contributed by atoms with E-state index in [1.54, 1.807) is 42.6 Å². The van der Waals surface area contributed by atoms with Crippen molar-refractivity contribution in [1.82, 2.24) is 10.3 Å². The van der Waals surface area contributed by atoms with E-state index in [-0.39, 0.29) is 12.1 Å². The summed E-state index contributed by atoms with van der Waals surface area (Å²) in [5.74, 6) is 0. The van der Waals surface area contributed by atoms with E-state index in [4.69, 9.17) is 0 Å². The predicted octanol–water partition coefficient (Wildman–Crippen LogP) is 5.24. The fourth-order valence-corrected chi connectivity index (χ4v) is 3.34. The van der Waals surface area contributed by atoms with Crippen molar-refractivity contribution < 1.29 is 9.59 Å². The van der Waals surface area contributed by atoms with Gasteiger partial charge < -0.3 is 21.3 Å². The number of urea groups is 2. The quantitative estimate of drug-likeness (QED) is 0.340. The molecule has 0 aliphatic rings. The summed E-state index contributed by atoms with van der Waals surface area (Å²) in [6, 6.07) is 25.4. The first kappa shape index (κ1) is 20.9. The van der Waals surface area contributed by atoms with E-state index in [2.05, 4.69) is 26.3 Å². The normalized spacial score (nSPS) is 10.4. The van der Waals surface area contributed by atoms with Crippen LogP contribution in [0.3, 0.4) is 0 Å². The van der Waals surface area contributed by atoms with Gasteiger partial charge in [0, 0.05) is 35.2 Å². The molecule has 0 saturated carbocycles. The summed E-state index contributed by atoms with van der Waals surface area (Å²) in [5.41, 5.74) is 3.87. The number of carbonyl (C=O) groups excluding carboxylic acids is 2. The van der Waals surface area contributed by atoms with Gasteiger partial charge in [0.1, 0.15) is 0 Å². The summed E-state index contributed by atoms with van der Waals surface area (Å²) in [6.45, 7) is 0.471. The van der Waals surface area contributed by atoms with E-state index < -0.39 is 0 Å². The molecule has 0 atom stereocenters. The molecule has 0 radical (unpaired) electrons. The third-order valence-electron chi connectivity index (χ3n) is 4.81. The summed E-state index contributed by atoms with van der Waals surface area (Å²) in [6.07, 6.45) is 2.44. The summed E-state index contributed by atoms with van der Waals surface area (Å²) >= 11 is 0. The molecule has 4 aromatic rings. The van der Waals surface area contributed by atoms with Gasteiger partial charge in [-0.1, -0.05) is 48.5 Å². The highest BCUT2D eigenvalue weighted by Crippen LogP contribution is 2.17. The number of benzene rings is 3. The molecule has 7 nitrogen and oxygen atoms in total. The van der Waals surface area contributed by atoms with E-state index in [1.165, 1.54) is 0 Å². The van der Waals surface area contributed by atoms with Crippen molar-refractivity contribution in [2.75, 3.05) is 22.5 Å². The maximum Gasteiger partial charge on any atom is 0.323 e. The van der Waals surface area contributed by atoms with Crippen LogP contribution in [-0.4, -0.2) is 23.6 Å². The lowest BCUT2D eigenvalue weighted by Crippen LogP contribution is -2.30. The van der Waals surface area contributed by atoms with Gasteiger partial charge in [0.05, 0.1) is 5.52 Å². The van der Waals surface area contributed by atoms with Gasteiger partial charge in [-0.05, 0) is 48.4 Å². The molecule has 0 aliphatic carbocycles. The summed E-state index contributed by atoms with van der Waals surface area (Å²) in [5, 5.41) is 12.2. The smallest absolute Gasteiger partial charge is 0.323 e. The Morgan fingerprint density at radius 2 is 1.34 bits per heavy atom. The number of amides is 4. The number of hydrogen-bond acceptors (Lipinski definition) is 3. The molecule has 0 spiro atoms. The third kappa shape index (κ3) is 5.60. The van der Waals surface area contributed by atoms with Gasteiger partial charge in [-0.3, -0.25) is 4.98 Å². The topological polar surface area (TPSA) is 95.2 Å². The molecule has 1 aromatic heterocycles. The minimum absolute atomic E-state index is 0.316. The van der Waals surface area contributed by atoms with Crippen molar-refractivity contribution in [3.63, 3.8) is 0 Å². The van der Waals surface area contributed by atoms with Gasteiger partial charge in [0.15, 0.2) is 0 Å². The van der Waals surface area contributed by atoms with Crippen LogP contribution in [0.5, 0.6) is 0 Å². The van der Waals surface area contributed by atoms with Crippen LogP contribution in [0.2, 0.25) is 0 Å². The van der Waals surface area contributed by atoms with Crippen molar-refractivity contribution in [3.8, 4) is 0 Å². The second-order valence-electron chi connectivity index (χ2n) is 7.15. The zero-order valence-electron chi connectivity index (χ0n) is 17.3. The summed E-state index contributed by atoms with van der Waals surface area (Å²) < 4.78 is 0. The number of fused-ring (bicyclic) bond motifs is 1. The molecule has 0 fully saturated rings.